The molecule has 0 radical (unpaired) electrons. The van der Waals surface area contributed by atoms with Crippen LogP contribution in [0.1, 0.15) is 22.8 Å². The highest BCUT2D eigenvalue weighted by molar-refractivity contribution is 6.34. The fourth-order valence-electron chi connectivity index (χ4n) is 1.19. The molecule has 0 aliphatic carbocycles. The Balaban J connectivity index is 3.14. The maximum Gasteiger partial charge on any atom is 0.341 e. The molecule has 0 aromatic heterocycles. The van der Waals surface area contributed by atoms with Gasteiger partial charge in [0, 0.05) is 5.69 Å². The van der Waals surface area contributed by atoms with E-state index in [1.165, 1.54) is 0 Å². The van der Waals surface area contributed by atoms with Crippen LogP contribution in [0.25, 0.3) is 0 Å². The summed E-state index contributed by atoms with van der Waals surface area (Å²) >= 11 is 5.88. The Morgan fingerprint density at radius 2 is 2.21 bits per heavy atom. The van der Waals surface area contributed by atoms with Gasteiger partial charge in [0.2, 0.25) is 0 Å². The van der Waals surface area contributed by atoms with Crippen molar-refractivity contribution in [3.05, 3.63) is 28.3 Å². The monoisotopic (exact) mass is 213 g/mol. The molecule has 0 amide bonds. The second kappa shape index (κ2) is 4.33. The Morgan fingerprint density at radius 1 is 1.57 bits per heavy atom. The number of carbonyl (C=O) groups excluding carboxylic acids is 1. The molecule has 0 aliphatic heterocycles. The van der Waals surface area contributed by atoms with Gasteiger partial charge in [-0.15, -0.1) is 0 Å². The summed E-state index contributed by atoms with van der Waals surface area (Å²) in [7, 11) is 0. The number of hydrogen-bond donors (Lipinski definition) is 1. The fourth-order valence-corrected chi connectivity index (χ4v) is 1.55. The second-order valence-electron chi connectivity index (χ2n) is 2.93. The molecule has 0 saturated heterocycles. The molecule has 0 unspecified atom stereocenters. The molecular weight excluding hydrogens is 202 g/mol. The number of halogens is 1. The number of hydrogen-bond acceptors (Lipinski definition) is 3. The lowest BCUT2D eigenvalue weighted by Gasteiger charge is -2.08. The molecule has 4 heteroatoms. The minimum Gasteiger partial charge on any atom is -0.462 e. The van der Waals surface area contributed by atoms with Crippen LogP contribution in [0.5, 0.6) is 0 Å². The molecule has 1 aromatic rings. The van der Waals surface area contributed by atoms with E-state index >= 15 is 0 Å². The van der Waals surface area contributed by atoms with Crippen LogP contribution in [0.2, 0.25) is 5.02 Å². The average molecular weight is 214 g/mol. The summed E-state index contributed by atoms with van der Waals surface area (Å²) in [6.45, 7) is 3.90. The largest absolute Gasteiger partial charge is 0.462 e. The molecule has 0 saturated carbocycles. The first-order valence-electron chi connectivity index (χ1n) is 4.29. The highest BCUT2D eigenvalue weighted by Crippen LogP contribution is 2.24. The molecule has 3 nitrogen and oxygen atoms in total. The molecule has 1 rings (SSSR count). The zero-order chi connectivity index (χ0) is 10.7. The molecule has 0 spiro atoms. The SMILES string of the molecule is CCOC(=O)c1c(N)cc(C)cc1Cl. The lowest BCUT2D eigenvalue weighted by atomic mass is 10.1. The number of nitrogens with two attached hydrogens (primary N) is 1. The van der Waals surface area contributed by atoms with Crippen LogP contribution in [0.15, 0.2) is 12.1 Å². The van der Waals surface area contributed by atoms with E-state index in [-0.39, 0.29) is 5.56 Å². The summed E-state index contributed by atoms with van der Waals surface area (Å²) in [5.74, 6) is -0.477. The summed E-state index contributed by atoms with van der Waals surface area (Å²) < 4.78 is 4.83. The van der Waals surface area contributed by atoms with E-state index in [2.05, 4.69) is 0 Å². The van der Waals surface area contributed by atoms with Crippen molar-refractivity contribution >= 4 is 23.3 Å². The smallest absolute Gasteiger partial charge is 0.341 e. The van der Waals surface area contributed by atoms with Gasteiger partial charge in [-0.1, -0.05) is 11.6 Å². The molecule has 0 bridgehead atoms. The Labute approximate surface area is 87.8 Å². The summed E-state index contributed by atoms with van der Waals surface area (Å²) in [6.07, 6.45) is 0. The second-order valence-corrected chi connectivity index (χ2v) is 3.34. The molecule has 0 atom stereocenters. The van der Waals surface area contributed by atoms with Gasteiger partial charge in [0.1, 0.15) is 5.56 Å². The summed E-state index contributed by atoms with van der Waals surface area (Å²) in [4.78, 5) is 11.4. The van der Waals surface area contributed by atoms with Crippen LogP contribution in [-0.2, 0) is 4.74 Å². The lowest BCUT2D eigenvalue weighted by Crippen LogP contribution is -2.09. The number of anilines is 1. The first kappa shape index (κ1) is 10.9. The van der Waals surface area contributed by atoms with Gasteiger partial charge in [-0.2, -0.15) is 0 Å². The molecule has 2 N–H and O–H groups in total. The third-order valence-electron chi connectivity index (χ3n) is 1.74. The Morgan fingerprint density at radius 3 is 2.71 bits per heavy atom. The maximum absolute atomic E-state index is 11.4. The first-order chi connectivity index (χ1) is 6.56. The van der Waals surface area contributed by atoms with Crippen molar-refractivity contribution in [1.29, 1.82) is 0 Å². The van der Waals surface area contributed by atoms with Gasteiger partial charge in [0.25, 0.3) is 0 Å². The van der Waals surface area contributed by atoms with Crippen molar-refractivity contribution in [2.75, 3.05) is 12.3 Å². The minimum atomic E-state index is -0.477. The van der Waals surface area contributed by atoms with Gasteiger partial charge in [-0.3, -0.25) is 0 Å². The number of benzene rings is 1. The number of ether oxygens (including phenoxy) is 1. The standard InChI is InChI=1S/C10H12ClNO2/c1-3-14-10(13)9-7(11)4-6(2)5-8(9)12/h4-5H,3,12H2,1-2H3. The predicted octanol–water partition coefficient (Wildman–Crippen LogP) is 2.41. The van der Waals surface area contributed by atoms with Gasteiger partial charge in [0.15, 0.2) is 0 Å². The lowest BCUT2D eigenvalue weighted by molar-refractivity contribution is 0.0528. The zero-order valence-corrected chi connectivity index (χ0v) is 8.89. The van der Waals surface area contributed by atoms with E-state index in [9.17, 15) is 4.79 Å². The van der Waals surface area contributed by atoms with Crippen LogP contribution in [-0.4, -0.2) is 12.6 Å². The number of rotatable bonds is 2. The number of esters is 1. The minimum absolute atomic E-state index is 0.249. The Kier molecular flexibility index (Phi) is 3.36. The van der Waals surface area contributed by atoms with E-state index in [0.717, 1.165) is 5.56 Å². The molecular formula is C10H12ClNO2. The molecule has 0 fully saturated rings. The number of carbonyl (C=O) groups is 1. The van der Waals surface area contributed by atoms with Crippen LogP contribution in [0, 0.1) is 6.92 Å². The van der Waals surface area contributed by atoms with E-state index < -0.39 is 5.97 Å². The summed E-state index contributed by atoms with van der Waals surface area (Å²) in [6, 6.07) is 3.38. The molecule has 76 valence electrons. The third kappa shape index (κ3) is 2.17. The topological polar surface area (TPSA) is 52.3 Å². The van der Waals surface area contributed by atoms with Crippen molar-refractivity contribution in [2.24, 2.45) is 0 Å². The normalized spacial score (nSPS) is 9.93. The van der Waals surface area contributed by atoms with Crippen molar-refractivity contribution in [3.8, 4) is 0 Å². The van der Waals surface area contributed by atoms with Crippen LogP contribution in [0.4, 0.5) is 5.69 Å². The average Bonchev–Trinajstić information content (AvgIpc) is 2.01. The van der Waals surface area contributed by atoms with Gasteiger partial charge < -0.3 is 10.5 Å². The summed E-state index contributed by atoms with van der Waals surface area (Å²) in [5, 5.41) is 0.334. The van der Waals surface area contributed by atoms with E-state index in [1.54, 1.807) is 19.1 Å². The van der Waals surface area contributed by atoms with E-state index in [4.69, 9.17) is 22.1 Å². The van der Waals surface area contributed by atoms with Gasteiger partial charge in [-0.25, -0.2) is 4.79 Å². The van der Waals surface area contributed by atoms with Gasteiger partial charge in [0.05, 0.1) is 11.6 Å². The van der Waals surface area contributed by atoms with E-state index in [0.29, 0.717) is 17.3 Å². The van der Waals surface area contributed by atoms with Gasteiger partial charge in [-0.05, 0) is 31.5 Å². The third-order valence-corrected chi connectivity index (χ3v) is 2.04. The Bertz CT molecular complexity index is 340. The van der Waals surface area contributed by atoms with Crippen LogP contribution in [0.3, 0.4) is 0 Å². The zero-order valence-electron chi connectivity index (χ0n) is 8.13. The molecule has 0 aliphatic rings. The molecule has 0 heterocycles. The highest BCUT2D eigenvalue weighted by Gasteiger charge is 2.15. The number of aryl methyl sites for hydroxylation is 1. The molecule has 1 aromatic carbocycles. The van der Waals surface area contributed by atoms with Gasteiger partial charge >= 0.3 is 5.97 Å². The van der Waals surface area contributed by atoms with E-state index in [1.807, 2.05) is 6.92 Å². The van der Waals surface area contributed by atoms with Crippen molar-refractivity contribution in [1.82, 2.24) is 0 Å². The summed E-state index contributed by atoms with van der Waals surface area (Å²) in [5.41, 5.74) is 7.19. The molecule has 14 heavy (non-hydrogen) atoms. The Hall–Kier alpha value is -1.22. The van der Waals surface area contributed by atoms with Crippen LogP contribution >= 0.6 is 11.6 Å². The van der Waals surface area contributed by atoms with Crippen molar-refractivity contribution < 1.29 is 9.53 Å². The van der Waals surface area contributed by atoms with Crippen LogP contribution < -0.4 is 5.73 Å². The maximum atomic E-state index is 11.4. The predicted molar refractivity (Wildman–Crippen MR) is 56.6 cm³/mol. The van der Waals surface area contributed by atoms with Crippen molar-refractivity contribution in [2.45, 2.75) is 13.8 Å². The first-order valence-corrected chi connectivity index (χ1v) is 4.66. The highest BCUT2D eigenvalue weighted by atomic mass is 35.5. The quantitative estimate of drug-likeness (QED) is 0.606. The number of nitrogen functional groups attached to an aromatic ring is 1. The van der Waals surface area contributed by atoms with Crippen molar-refractivity contribution in [3.63, 3.8) is 0 Å². The fraction of sp³-hybridized carbons (Fsp3) is 0.300.